The maximum atomic E-state index is 6.09. The second kappa shape index (κ2) is 7.26. The van der Waals surface area contributed by atoms with E-state index in [9.17, 15) is 0 Å². The number of rotatable bonds is 7. The summed E-state index contributed by atoms with van der Waals surface area (Å²) in [6.07, 6.45) is 2.10. The highest BCUT2D eigenvalue weighted by Gasteiger charge is 2.21. The number of ether oxygens (including phenoxy) is 1. The highest BCUT2D eigenvalue weighted by molar-refractivity contribution is 5.29. The lowest BCUT2D eigenvalue weighted by molar-refractivity contribution is 0.0983. The predicted molar refractivity (Wildman–Crippen MR) is 89.9 cm³/mol. The van der Waals surface area contributed by atoms with Crippen molar-refractivity contribution in [3.63, 3.8) is 0 Å². The SMILES string of the molecule is CCCNCc1cc(OC(C)(C)CC)nc(C(C)(C)C)c1. The largest absolute Gasteiger partial charge is 0.472 e. The van der Waals surface area contributed by atoms with Crippen LogP contribution in [0.3, 0.4) is 0 Å². The van der Waals surface area contributed by atoms with E-state index in [1.165, 1.54) is 5.56 Å². The zero-order chi connectivity index (χ0) is 16.1. The predicted octanol–water partition coefficient (Wildman–Crippen LogP) is 4.45. The van der Waals surface area contributed by atoms with Crippen molar-refractivity contribution in [2.75, 3.05) is 6.54 Å². The smallest absolute Gasteiger partial charge is 0.214 e. The van der Waals surface area contributed by atoms with Gasteiger partial charge in [-0.3, -0.25) is 0 Å². The van der Waals surface area contributed by atoms with Crippen molar-refractivity contribution in [3.8, 4) is 5.88 Å². The summed E-state index contributed by atoms with van der Waals surface area (Å²) in [6, 6.07) is 4.25. The van der Waals surface area contributed by atoms with Gasteiger partial charge in [-0.05, 0) is 44.9 Å². The van der Waals surface area contributed by atoms with Crippen molar-refractivity contribution in [1.82, 2.24) is 10.3 Å². The van der Waals surface area contributed by atoms with Crippen LogP contribution in [0.15, 0.2) is 12.1 Å². The summed E-state index contributed by atoms with van der Waals surface area (Å²) in [5.41, 5.74) is 2.16. The molecule has 0 aliphatic rings. The normalized spacial score (nSPS) is 12.5. The van der Waals surface area contributed by atoms with E-state index in [0.717, 1.165) is 37.5 Å². The fourth-order valence-corrected chi connectivity index (χ4v) is 1.86. The zero-order valence-electron chi connectivity index (χ0n) is 14.8. The van der Waals surface area contributed by atoms with Gasteiger partial charge < -0.3 is 10.1 Å². The molecule has 0 saturated heterocycles. The molecule has 1 rings (SSSR count). The molecule has 21 heavy (non-hydrogen) atoms. The third kappa shape index (κ3) is 6.04. The second-order valence-electron chi connectivity index (χ2n) is 7.34. The fourth-order valence-electron chi connectivity index (χ4n) is 1.86. The molecule has 120 valence electrons. The average Bonchev–Trinajstić information content (AvgIpc) is 2.37. The van der Waals surface area contributed by atoms with Crippen LogP contribution in [0.2, 0.25) is 0 Å². The molecule has 0 amide bonds. The molecule has 0 aliphatic carbocycles. The third-order valence-electron chi connectivity index (χ3n) is 3.62. The summed E-state index contributed by atoms with van der Waals surface area (Å²) in [5.74, 6) is 0.738. The highest BCUT2D eigenvalue weighted by Crippen LogP contribution is 2.26. The van der Waals surface area contributed by atoms with E-state index in [2.05, 4.69) is 65.9 Å². The minimum atomic E-state index is -0.183. The lowest BCUT2D eigenvalue weighted by atomic mass is 9.91. The maximum Gasteiger partial charge on any atom is 0.214 e. The molecule has 0 atom stereocenters. The van der Waals surface area contributed by atoms with Crippen molar-refractivity contribution >= 4 is 0 Å². The first-order chi connectivity index (χ1) is 9.68. The van der Waals surface area contributed by atoms with Gasteiger partial charge in [-0.15, -0.1) is 0 Å². The van der Waals surface area contributed by atoms with E-state index in [1.54, 1.807) is 0 Å². The highest BCUT2D eigenvalue weighted by atomic mass is 16.5. The van der Waals surface area contributed by atoms with Crippen molar-refractivity contribution in [2.24, 2.45) is 0 Å². The Bertz CT molecular complexity index is 447. The average molecular weight is 292 g/mol. The standard InChI is InChI=1S/C18H32N2O/c1-8-10-19-13-14-11-15(17(3,4)5)20-16(12-14)21-18(6,7)9-2/h11-12,19H,8-10,13H2,1-7H3. The number of hydrogen-bond donors (Lipinski definition) is 1. The quantitative estimate of drug-likeness (QED) is 0.754. The van der Waals surface area contributed by atoms with Crippen LogP contribution in [0, 0.1) is 0 Å². The Labute approximate surface area is 130 Å². The van der Waals surface area contributed by atoms with Crippen molar-refractivity contribution < 1.29 is 4.74 Å². The first kappa shape index (κ1) is 18.0. The van der Waals surface area contributed by atoms with E-state index in [-0.39, 0.29) is 11.0 Å². The number of aromatic nitrogens is 1. The molecule has 1 N–H and O–H groups in total. The summed E-state index contributed by atoms with van der Waals surface area (Å²) >= 11 is 0. The van der Waals surface area contributed by atoms with E-state index >= 15 is 0 Å². The molecule has 0 aromatic carbocycles. The van der Waals surface area contributed by atoms with Gasteiger partial charge >= 0.3 is 0 Å². The molecule has 0 radical (unpaired) electrons. The Morgan fingerprint density at radius 2 is 1.76 bits per heavy atom. The summed E-state index contributed by atoms with van der Waals surface area (Å²) in [6.45, 7) is 17.0. The monoisotopic (exact) mass is 292 g/mol. The molecule has 0 unspecified atom stereocenters. The molecule has 3 nitrogen and oxygen atoms in total. The van der Waals surface area contributed by atoms with Crippen LogP contribution < -0.4 is 10.1 Å². The summed E-state index contributed by atoms with van der Waals surface area (Å²) in [5, 5.41) is 3.45. The van der Waals surface area contributed by atoms with Gasteiger partial charge in [-0.25, -0.2) is 4.98 Å². The van der Waals surface area contributed by atoms with Crippen molar-refractivity contribution in [1.29, 1.82) is 0 Å². The molecule has 0 spiro atoms. The molecular formula is C18H32N2O. The molecule has 0 bridgehead atoms. The first-order valence-electron chi connectivity index (χ1n) is 8.09. The van der Waals surface area contributed by atoms with Gasteiger partial charge in [0.25, 0.3) is 0 Å². The van der Waals surface area contributed by atoms with Crippen LogP contribution in [-0.4, -0.2) is 17.1 Å². The van der Waals surface area contributed by atoms with E-state index in [0.29, 0.717) is 0 Å². The van der Waals surface area contributed by atoms with Crippen molar-refractivity contribution in [3.05, 3.63) is 23.4 Å². The Balaban J connectivity index is 3.03. The molecule has 1 aromatic rings. The Hall–Kier alpha value is -1.09. The lowest BCUT2D eigenvalue weighted by Gasteiger charge is -2.26. The third-order valence-corrected chi connectivity index (χ3v) is 3.62. The Morgan fingerprint density at radius 3 is 2.29 bits per heavy atom. The molecule has 0 fully saturated rings. The van der Waals surface area contributed by atoms with Gasteiger partial charge in [0.2, 0.25) is 5.88 Å². The van der Waals surface area contributed by atoms with Crippen LogP contribution in [0.5, 0.6) is 5.88 Å². The van der Waals surface area contributed by atoms with Crippen LogP contribution >= 0.6 is 0 Å². The molecular weight excluding hydrogens is 260 g/mol. The second-order valence-corrected chi connectivity index (χ2v) is 7.34. The molecule has 0 saturated carbocycles. The number of nitrogens with zero attached hydrogens (tertiary/aromatic N) is 1. The molecule has 1 aromatic heterocycles. The minimum Gasteiger partial charge on any atom is -0.472 e. The van der Waals surface area contributed by atoms with Gasteiger partial charge in [0.05, 0.1) is 5.69 Å². The summed E-state index contributed by atoms with van der Waals surface area (Å²) in [4.78, 5) is 4.72. The number of pyridine rings is 1. The van der Waals surface area contributed by atoms with Crippen LogP contribution in [0.1, 0.15) is 72.6 Å². The van der Waals surface area contributed by atoms with E-state index < -0.39 is 0 Å². The van der Waals surface area contributed by atoms with E-state index in [4.69, 9.17) is 9.72 Å². The zero-order valence-corrected chi connectivity index (χ0v) is 14.8. The fraction of sp³-hybridized carbons (Fsp3) is 0.722. The van der Waals surface area contributed by atoms with Crippen LogP contribution in [-0.2, 0) is 12.0 Å². The Kier molecular flexibility index (Phi) is 6.21. The molecule has 3 heteroatoms. The van der Waals surface area contributed by atoms with Crippen molar-refractivity contribution in [2.45, 2.75) is 78.9 Å². The van der Waals surface area contributed by atoms with Crippen LogP contribution in [0.25, 0.3) is 0 Å². The molecule has 1 heterocycles. The molecule has 0 aliphatic heterocycles. The lowest BCUT2D eigenvalue weighted by Crippen LogP contribution is -2.28. The number of hydrogen-bond acceptors (Lipinski definition) is 3. The summed E-state index contributed by atoms with van der Waals surface area (Å²) in [7, 11) is 0. The van der Waals surface area contributed by atoms with Gasteiger partial charge in [-0.2, -0.15) is 0 Å². The minimum absolute atomic E-state index is 0.0230. The Morgan fingerprint density at radius 1 is 1.10 bits per heavy atom. The summed E-state index contributed by atoms with van der Waals surface area (Å²) < 4.78 is 6.09. The van der Waals surface area contributed by atoms with Gasteiger partial charge in [0, 0.05) is 18.0 Å². The number of nitrogens with one attached hydrogen (secondary N) is 1. The van der Waals surface area contributed by atoms with Gasteiger partial charge in [0.1, 0.15) is 5.60 Å². The van der Waals surface area contributed by atoms with E-state index in [1.807, 2.05) is 0 Å². The van der Waals surface area contributed by atoms with Gasteiger partial charge in [-0.1, -0.05) is 34.6 Å². The van der Waals surface area contributed by atoms with Gasteiger partial charge in [0.15, 0.2) is 0 Å². The first-order valence-corrected chi connectivity index (χ1v) is 8.09. The van der Waals surface area contributed by atoms with Crippen LogP contribution in [0.4, 0.5) is 0 Å². The maximum absolute atomic E-state index is 6.09. The topological polar surface area (TPSA) is 34.1 Å².